The first-order chi connectivity index (χ1) is 13.5. The number of nitrogens with one attached hydrogen (secondary N) is 1. The molecule has 7 nitrogen and oxygen atoms in total. The van der Waals surface area contributed by atoms with E-state index in [0.717, 1.165) is 0 Å². The molecule has 1 fully saturated rings. The average Bonchev–Trinajstić information content (AvgIpc) is 2.99. The molecular weight excluding hydrogens is 450 g/mol. The van der Waals surface area contributed by atoms with E-state index < -0.39 is 11.8 Å². The lowest BCUT2D eigenvalue weighted by atomic mass is 10.1. The van der Waals surface area contributed by atoms with E-state index in [2.05, 4.69) is 21.4 Å². The van der Waals surface area contributed by atoms with Crippen molar-refractivity contribution in [3.8, 4) is 17.6 Å². The Balaban J connectivity index is 2.01. The van der Waals surface area contributed by atoms with Crippen molar-refractivity contribution in [2.45, 2.75) is 0 Å². The van der Waals surface area contributed by atoms with Gasteiger partial charge in [-0.2, -0.15) is 5.26 Å². The minimum absolute atomic E-state index is 0.0617. The van der Waals surface area contributed by atoms with Crippen LogP contribution in [0.5, 0.6) is 11.5 Å². The molecule has 1 heterocycles. The van der Waals surface area contributed by atoms with Gasteiger partial charge < -0.3 is 9.47 Å². The van der Waals surface area contributed by atoms with Crippen molar-refractivity contribution in [1.29, 1.82) is 5.26 Å². The predicted octanol–water partition coefficient (Wildman–Crippen LogP) is 3.47. The monoisotopic (exact) mass is 461 g/mol. The molecule has 0 radical (unpaired) electrons. The number of rotatable bonds is 5. The average molecular weight is 463 g/mol. The number of nitrogens with zero attached hydrogens (tertiary/aromatic N) is 2. The Labute approximate surface area is 174 Å². The van der Waals surface area contributed by atoms with E-state index >= 15 is 0 Å². The summed E-state index contributed by atoms with van der Waals surface area (Å²) in [6.07, 6.45) is 1.41. The van der Waals surface area contributed by atoms with Crippen LogP contribution in [0, 0.1) is 11.3 Å². The minimum Gasteiger partial charge on any atom is -0.493 e. The molecule has 0 unspecified atom stereocenters. The van der Waals surface area contributed by atoms with Crippen molar-refractivity contribution in [3.63, 3.8) is 0 Å². The molecule has 0 aromatic heterocycles. The number of methoxy groups -OCH3 is 1. The lowest BCUT2D eigenvalue weighted by molar-refractivity contribution is -0.117. The Morgan fingerprint density at radius 1 is 1.32 bits per heavy atom. The summed E-state index contributed by atoms with van der Waals surface area (Å²) in [4.78, 5) is 25.1. The Morgan fingerprint density at radius 3 is 2.68 bits per heavy atom. The molecule has 0 spiro atoms. The Hall–Kier alpha value is -3.02. The maximum atomic E-state index is 12.7. The number of halogens is 2. The first-order valence-corrected chi connectivity index (χ1v) is 9.13. The molecule has 1 N–H and O–H groups in total. The van der Waals surface area contributed by atoms with Crippen LogP contribution in [-0.2, 0) is 9.59 Å². The molecule has 2 aromatic rings. The summed E-state index contributed by atoms with van der Waals surface area (Å²) >= 11 is 9.66. The Bertz CT molecular complexity index is 1020. The number of carbonyl (C=O) groups is 2. The molecule has 3 rings (SSSR count). The molecule has 9 heteroatoms. The van der Waals surface area contributed by atoms with Gasteiger partial charge in [-0.1, -0.05) is 29.8 Å². The standard InChI is InChI=1S/C19H13BrClN3O4/c1-27-14-10-11(15(20)16(21)17(14)28-8-7-22)9-13-18(25)23-24(19(13)26)12-5-3-2-4-6-12/h2-6,9-10H,8H2,1H3,(H,23,25)/b13-9-. The van der Waals surface area contributed by atoms with Crippen molar-refractivity contribution in [2.75, 3.05) is 18.7 Å². The van der Waals surface area contributed by atoms with Crippen LogP contribution in [0.1, 0.15) is 5.56 Å². The second-order valence-electron chi connectivity index (χ2n) is 5.55. The maximum Gasteiger partial charge on any atom is 0.282 e. The van der Waals surface area contributed by atoms with Crippen LogP contribution in [0.2, 0.25) is 5.02 Å². The number of anilines is 1. The van der Waals surface area contributed by atoms with E-state index in [1.807, 2.05) is 12.1 Å². The van der Waals surface area contributed by atoms with Gasteiger partial charge in [0, 0.05) is 4.47 Å². The zero-order valence-corrected chi connectivity index (χ0v) is 16.9. The van der Waals surface area contributed by atoms with E-state index in [1.165, 1.54) is 18.2 Å². The van der Waals surface area contributed by atoms with E-state index in [1.54, 1.807) is 30.3 Å². The zero-order chi connectivity index (χ0) is 20.3. The smallest absolute Gasteiger partial charge is 0.282 e. The van der Waals surface area contributed by atoms with Gasteiger partial charge in [-0.3, -0.25) is 15.0 Å². The first kappa shape index (κ1) is 19.7. The quantitative estimate of drug-likeness (QED) is 0.543. The van der Waals surface area contributed by atoms with Gasteiger partial charge >= 0.3 is 0 Å². The van der Waals surface area contributed by atoms with E-state index in [4.69, 9.17) is 26.3 Å². The fourth-order valence-corrected chi connectivity index (χ4v) is 3.24. The van der Waals surface area contributed by atoms with Crippen molar-refractivity contribution < 1.29 is 19.1 Å². The third-order valence-electron chi connectivity index (χ3n) is 3.86. The summed E-state index contributed by atoms with van der Waals surface area (Å²) < 4.78 is 11.0. The highest BCUT2D eigenvalue weighted by molar-refractivity contribution is 9.10. The van der Waals surface area contributed by atoms with E-state index in [9.17, 15) is 9.59 Å². The van der Waals surface area contributed by atoms with Crippen molar-refractivity contribution in [3.05, 3.63) is 57.0 Å². The third-order valence-corrected chi connectivity index (χ3v) is 5.31. The minimum atomic E-state index is -0.541. The largest absolute Gasteiger partial charge is 0.493 e. The number of ether oxygens (including phenoxy) is 2. The number of hydrazine groups is 1. The highest BCUT2D eigenvalue weighted by Crippen LogP contribution is 2.43. The molecule has 1 aliphatic rings. The molecule has 2 aromatic carbocycles. The van der Waals surface area contributed by atoms with Crippen LogP contribution in [0.15, 0.2) is 46.4 Å². The van der Waals surface area contributed by atoms with Gasteiger partial charge in [0.1, 0.15) is 16.7 Å². The van der Waals surface area contributed by atoms with Crippen LogP contribution in [0.4, 0.5) is 5.69 Å². The lowest BCUT2D eigenvalue weighted by Crippen LogP contribution is -2.35. The topological polar surface area (TPSA) is 91.7 Å². The van der Waals surface area contributed by atoms with E-state index in [0.29, 0.717) is 15.7 Å². The SMILES string of the molecule is COc1cc(/C=C2/C(=O)NN(c3ccccc3)C2=O)c(Br)c(Cl)c1OCC#N. The zero-order valence-electron chi connectivity index (χ0n) is 14.5. The van der Waals surface area contributed by atoms with Crippen molar-refractivity contribution in [1.82, 2.24) is 5.43 Å². The first-order valence-electron chi connectivity index (χ1n) is 7.95. The fraction of sp³-hybridized carbons (Fsp3) is 0.105. The molecule has 142 valence electrons. The number of hydrogen-bond donors (Lipinski definition) is 1. The molecule has 1 saturated heterocycles. The molecule has 1 aliphatic heterocycles. The van der Waals surface area contributed by atoms with Crippen LogP contribution in [0.3, 0.4) is 0 Å². The second-order valence-corrected chi connectivity index (χ2v) is 6.72. The number of carbonyl (C=O) groups excluding carboxylic acids is 2. The molecule has 0 atom stereocenters. The van der Waals surface area contributed by atoms with Gasteiger partial charge in [-0.25, -0.2) is 5.01 Å². The molecule has 0 bridgehead atoms. The summed E-state index contributed by atoms with van der Waals surface area (Å²) in [5, 5.41) is 10.0. The van der Waals surface area contributed by atoms with Crippen molar-refractivity contribution in [2.24, 2.45) is 0 Å². The predicted molar refractivity (Wildman–Crippen MR) is 107 cm³/mol. The second kappa shape index (κ2) is 8.33. The third kappa shape index (κ3) is 3.67. The van der Waals surface area contributed by atoms with Gasteiger partial charge in [-0.15, -0.1) is 0 Å². The molecule has 2 amide bonds. The Morgan fingerprint density at radius 2 is 2.04 bits per heavy atom. The van der Waals surface area contributed by atoms with Crippen LogP contribution in [-0.4, -0.2) is 25.5 Å². The van der Waals surface area contributed by atoms with E-state index in [-0.39, 0.29) is 28.7 Å². The highest BCUT2D eigenvalue weighted by atomic mass is 79.9. The summed E-state index contributed by atoms with van der Waals surface area (Å²) in [5.41, 5.74) is 3.45. The van der Waals surface area contributed by atoms with Crippen molar-refractivity contribution >= 4 is 51.1 Å². The number of para-hydroxylation sites is 1. The van der Waals surface area contributed by atoms with Gasteiger partial charge in [-0.05, 0) is 45.8 Å². The van der Waals surface area contributed by atoms with Gasteiger partial charge in [0.15, 0.2) is 18.1 Å². The number of amides is 2. The summed E-state index contributed by atoms with van der Waals surface area (Å²) in [6.45, 7) is -0.212. The van der Waals surface area contributed by atoms with Crippen LogP contribution < -0.4 is 19.9 Å². The molecule has 28 heavy (non-hydrogen) atoms. The number of nitriles is 1. The highest BCUT2D eigenvalue weighted by Gasteiger charge is 2.34. The number of benzene rings is 2. The maximum absolute atomic E-state index is 12.7. The van der Waals surface area contributed by atoms with Crippen LogP contribution >= 0.6 is 27.5 Å². The molecular formula is C19H13BrClN3O4. The van der Waals surface area contributed by atoms with Gasteiger partial charge in [0.05, 0.1) is 12.8 Å². The fourth-order valence-electron chi connectivity index (χ4n) is 2.57. The molecule has 0 aliphatic carbocycles. The van der Waals surface area contributed by atoms with Gasteiger partial charge in [0.25, 0.3) is 11.8 Å². The van der Waals surface area contributed by atoms with Gasteiger partial charge in [0.2, 0.25) is 0 Å². The summed E-state index contributed by atoms with van der Waals surface area (Å²) in [5.74, 6) is -0.586. The normalized spacial score (nSPS) is 14.8. The summed E-state index contributed by atoms with van der Waals surface area (Å²) in [6, 6.07) is 12.2. The Kier molecular flexibility index (Phi) is 5.87. The van der Waals surface area contributed by atoms with Crippen LogP contribution in [0.25, 0.3) is 6.08 Å². The number of hydrogen-bond acceptors (Lipinski definition) is 5. The molecule has 0 saturated carbocycles. The lowest BCUT2D eigenvalue weighted by Gasteiger charge is -2.14. The summed E-state index contributed by atoms with van der Waals surface area (Å²) in [7, 11) is 1.42.